The van der Waals surface area contributed by atoms with Gasteiger partial charge in [-0.25, -0.2) is 4.57 Å². The monoisotopic (exact) mass is 248 g/mol. The molecule has 0 aliphatic rings. The number of phosphoric acid groups is 1. The molecule has 0 N–H and O–H groups in total. The van der Waals surface area contributed by atoms with Crippen LogP contribution in [0.4, 0.5) is 0 Å². The summed E-state index contributed by atoms with van der Waals surface area (Å²) in [5.74, 6) is -0.875. The molecule has 0 saturated heterocycles. The Balaban J connectivity index is 4.24. The largest absolute Gasteiger partial charge is 0.475 e. The minimum Gasteiger partial charge on any atom is -0.290 e. The molecule has 0 atom stereocenters. The molecule has 7 nitrogen and oxygen atoms in total. The first kappa shape index (κ1) is 14.0. The molecule has 0 aromatic rings. The molecule has 0 bridgehead atoms. The van der Waals surface area contributed by atoms with Gasteiger partial charge in [0.15, 0.2) is 5.94 Å². The zero-order chi connectivity index (χ0) is 11.2. The van der Waals surface area contributed by atoms with Crippen molar-refractivity contribution in [2.24, 2.45) is 0 Å². The second kappa shape index (κ2) is 5.79. The van der Waals surface area contributed by atoms with Crippen LogP contribution in [0.2, 0.25) is 0 Å². The Morgan fingerprint density at radius 2 is 1.71 bits per heavy atom. The maximum atomic E-state index is 11.2. The van der Waals surface area contributed by atoms with Gasteiger partial charge < -0.3 is 0 Å². The highest BCUT2D eigenvalue weighted by atomic mass is 32.2. The van der Waals surface area contributed by atoms with Crippen LogP contribution in [-0.2, 0) is 32.4 Å². The smallest absolute Gasteiger partial charge is 0.290 e. The third-order valence-corrected chi connectivity index (χ3v) is 3.62. The van der Waals surface area contributed by atoms with E-state index in [1.807, 2.05) is 0 Å². The van der Waals surface area contributed by atoms with Crippen molar-refractivity contribution in [2.75, 3.05) is 26.8 Å². The van der Waals surface area contributed by atoms with Crippen LogP contribution in [0.5, 0.6) is 0 Å². The molecule has 9 heteroatoms. The number of phosphoric ester groups is 1. The van der Waals surface area contributed by atoms with Crippen molar-refractivity contribution in [3.63, 3.8) is 0 Å². The SMILES string of the molecule is CCOS(=O)(=O)COP(=O)(OC)OC. The predicted molar refractivity (Wildman–Crippen MR) is 48.1 cm³/mol. The van der Waals surface area contributed by atoms with E-state index in [-0.39, 0.29) is 6.61 Å². The maximum absolute atomic E-state index is 11.2. The summed E-state index contributed by atoms with van der Waals surface area (Å²) in [6.45, 7) is 1.49. The Morgan fingerprint density at radius 1 is 1.21 bits per heavy atom. The van der Waals surface area contributed by atoms with Crippen molar-refractivity contribution in [1.29, 1.82) is 0 Å². The molecular formula is C5H13O7PS. The van der Waals surface area contributed by atoms with Crippen LogP contribution >= 0.6 is 7.82 Å². The standard InChI is InChI=1S/C5H13O7PS/c1-4-12-14(7,8)5-11-13(6,9-2)10-3/h4-5H2,1-3H3. The number of hydrogen-bond donors (Lipinski definition) is 0. The predicted octanol–water partition coefficient (Wildman–Crippen LogP) is 0.728. The van der Waals surface area contributed by atoms with Gasteiger partial charge in [-0.1, -0.05) is 0 Å². The van der Waals surface area contributed by atoms with E-state index in [0.29, 0.717) is 0 Å². The van der Waals surface area contributed by atoms with Gasteiger partial charge in [-0.3, -0.25) is 17.8 Å². The summed E-state index contributed by atoms with van der Waals surface area (Å²) in [6.07, 6.45) is 0. The molecular weight excluding hydrogens is 235 g/mol. The maximum Gasteiger partial charge on any atom is 0.475 e. The van der Waals surface area contributed by atoms with Crippen molar-refractivity contribution in [2.45, 2.75) is 6.92 Å². The lowest BCUT2D eigenvalue weighted by Crippen LogP contribution is -2.12. The van der Waals surface area contributed by atoms with Crippen LogP contribution in [0.15, 0.2) is 0 Å². The van der Waals surface area contributed by atoms with Gasteiger partial charge in [0.2, 0.25) is 0 Å². The summed E-state index contributed by atoms with van der Waals surface area (Å²) in [4.78, 5) is 0. The van der Waals surface area contributed by atoms with Gasteiger partial charge in [-0.15, -0.1) is 0 Å². The van der Waals surface area contributed by atoms with E-state index in [1.165, 1.54) is 6.92 Å². The van der Waals surface area contributed by atoms with Crippen molar-refractivity contribution < 1.29 is 30.7 Å². The minimum absolute atomic E-state index is 0.0179. The summed E-state index contributed by atoms with van der Waals surface area (Å²) in [7, 11) is -5.44. The van der Waals surface area contributed by atoms with Crippen LogP contribution < -0.4 is 0 Å². The molecule has 0 rings (SSSR count). The fourth-order valence-electron chi connectivity index (χ4n) is 0.523. The van der Waals surface area contributed by atoms with Crippen LogP contribution in [0, 0.1) is 0 Å². The molecule has 0 amide bonds. The molecule has 0 fully saturated rings. The Bertz CT molecular complexity index is 289. The third kappa shape index (κ3) is 5.04. The van der Waals surface area contributed by atoms with Crippen molar-refractivity contribution >= 4 is 17.9 Å². The number of hydrogen-bond acceptors (Lipinski definition) is 7. The summed E-state index contributed by atoms with van der Waals surface area (Å²) in [6, 6.07) is 0. The fourth-order valence-corrected chi connectivity index (χ4v) is 2.34. The molecule has 0 radical (unpaired) electrons. The van der Waals surface area contributed by atoms with Gasteiger partial charge in [-0.05, 0) is 6.92 Å². The second-order valence-electron chi connectivity index (χ2n) is 2.02. The molecule has 0 aliphatic heterocycles. The van der Waals surface area contributed by atoms with Crippen LogP contribution in [0.1, 0.15) is 6.92 Å². The first-order valence-electron chi connectivity index (χ1n) is 3.62. The Morgan fingerprint density at radius 3 is 2.07 bits per heavy atom. The van der Waals surface area contributed by atoms with E-state index >= 15 is 0 Å². The van der Waals surface area contributed by atoms with Gasteiger partial charge in [0.25, 0.3) is 10.1 Å². The first-order valence-corrected chi connectivity index (χ1v) is 6.66. The highest BCUT2D eigenvalue weighted by Gasteiger charge is 2.26. The normalized spacial score (nSPS) is 13.1. The van der Waals surface area contributed by atoms with Gasteiger partial charge in [0.1, 0.15) is 0 Å². The average molecular weight is 248 g/mol. The highest BCUT2D eigenvalue weighted by Crippen LogP contribution is 2.47. The van der Waals surface area contributed by atoms with Crippen LogP contribution in [0.3, 0.4) is 0 Å². The number of rotatable bonds is 7. The molecule has 0 aromatic carbocycles. The summed E-state index contributed by atoms with van der Waals surface area (Å²) >= 11 is 0. The molecule has 0 aromatic heterocycles. The zero-order valence-corrected chi connectivity index (χ0v) is 9.84. The lowest BCUT2D eigenvalue weighted by atomic mass is 10.9. The minimum atomic E-state index is -3.84. The lowest BCUT2D eigenvalue weighted by molar-refractivity contribution is 0.165. The van der Waals surface area contributed by atoms with Crippen LogP contribution in [-0.4, -0.2) is 35.2 Å². The lowest BCUT2D eigenvalue weighted by Gasteiger charge is -2.12. The average Bonchev–Trinajstić information content (AvgIpc) is 2.14. The quantitative estimate of drug-likeness (QED) is 0.484. The summed E-state index contributed by atoms with van der Waals surface area (Å²) < 4.78 is 50.5. The molecule has 86 valence electrons. The summed E-state index contributed by atoms with van der Waals surface area (Å²) in [5.41, 5.74) is 0. The molecule has 0 saturated carbocycles. The topological polar surface area (TPSA) is 88.1 Å². The van der Waals surface area contributed by atoms with Gasteiger partial charge >= 0.3 is 7.82 Å². The first-order chi connectivity index (χ1) is 6.39. The Hall–Kier alpha value is 0.0200. The van der Waals surface area contributed by atoms with E-state index in [1.54, 1.807) is 0 Å². The molecule has 0 unspecified atom stereocenters. The summed E-state index contributed by atoms with van der Waals surface area (Å²) in [5, 5.41) is 0. The Labute approximate surface area is 83.0 Å². The van der Waals surface area contributed by atoms with Crippen molar-refractivity contribution in [3.8, 4) is 0 Å². The van der Waals surface area contributed by atoms with Gasteiger partial charge in [-0.2, -0.15) is 8.42 Å². The third-order valence-electron chi connectivity index (χ3n) is 1.10. The van der Waals surface area contributed by atoms with Crippen LogP contribution in [0.25, 0.3) is 0 Å². The van der Waals surface area contributed by atoms with E-state index in [2.05, 4.69) is 17.8 Å². The highest BCUT2D eigenvalue weighted by molar-refractivity contribution is 7.86. The van der Waals surface area contributed by atoms with Crippen molar-refractivity contribution in [1.82, 2.24) is 0 Å². The van der Waals surface area contributed by atoms with Gasteiger partial charge in [0.05, 0.1) is 6.61 Å². The van der Waals surface area contributed by atoms with E-state index < -0.39 is 23.9 Å². The molecule has 0 aliphatic carbocycles. The molecule has 0 heterocycles. The van der Waals surface area contributed by atoms with E-state index in [0.717, 1.165) is 14.2 Å². The zero-order valence-electron chi connectivity index (χ0n) is 8.13. The second-order valence-corrected chi connectivity index (χ2v) is 5.49. The van der Waals surface area contributed by atoms with E-state index in [4.69, 9.17) is 0 Å². The molecule has 14 heavy (non-hydrogen) atoms. The van der Waals surface area contributed by atoms with Crippen molar-refractivity contribution in [3.05, 3.63) is 0 Å². The fraction of sp³-hybridized carbons (Fsp3) is 1.00. The van der Waals surface area contributed by atoms with Gasteiger partial charge in [0, 0.05) is 14.2 Å². The Kier molecular flexibility index (Phi) is 5.80. The molecule has 0 spiro atoms. The van der Waals surface area contributed by atoms with E-state index in [9.17, 15) is 13.0 Å².